The number of hydrogen-bond acceptors (Lipinski definition) is 1. The van der Waals surface area contributed by atoms with Crippen LogP contribution >= 0.6 is 24.0 Å². The fourth-order valence-electron chi connectivity index (χ4n) is 2.28. The summed E-state index contributed by atoms with van der Waals surface area (Å²) in [6.07, 6.45) is 1.20. The molecule has 19 heavy (non-hydrogen) atoms. The molecule has 1 saturated carbocycles. The average Bonchev–Trinajstić information content (AvgIpc) is 3.15. The molecule has 2 N–H and O–H groups in total. The number of aliphatic imine (C=N–C) groups is 1. The molecule has 0 aliphatic heterocycles. The van der Waals surface area contributed by atoms with Crippen LogP contribution < -0.4 is 10.6 Å². The van der Waals surface area contributed by atoms with E-state index >= 15 is 0 Å². The zero-order valence-electron chi connectivity index (χ0n) is 12.1. The largest absolute Gasteiger partial charge is 0.359 e. The first-order valence-corrected chi connectivity index (χ1v) is 6.66. The van der Waals surface area contributed by atoms with Gasteiger partial charge in [-0.15, -0.1) is 24.0 Å². The number of benzene rings is 1. The summed E-state index contributed by atoms with van der Waals surface area (Å²) in [6, 6.07) is 9.57. The second kappa shape index (κ2) is 7.12. The predicted molar refractivity (Wildman–Crippen MR) is 92.6 cm³/mol. The van der Waals surface area contributed by atoms with Crippen LogP contribution in [0.15, 0.2) is 29.3 Å². The summed E-state index contributed by atoms with van der Waals surface area (Å²) in [7, 11) is 3.69. The standard InChI is InChI=1S/C15H23N3.HI/c1-10(2)11-5-7-12(8-6-11)13-9-14(13)18-15(16-3)17-4;/h5-8,10,13-14H,9H2,1-4H3,(H2,16,17,18);1H. The Balaban J connectivity index is 0.00000180. The fourth-order valence-corrected chi connectivity index (χ4v) is 2.28. The molecule has 106 valence electrons. The van der Waals surface area contributed by atoms with E-state index in [2.05, 4.69) is 53.7 Å². The van der Waals surface area contributed by atoms with Crippen molar-refractivity contribution >= 4 is 29.9 Å². The number of hydrogen-bond donors (Lipinski definition) is 2. The molecular weight excluding hydrogens is 349 g/mol. The molecule has 2 rings (SSSR count). The van der Waals surface area contributed by atoms with Crippen LogP contribution in [0.25, 0.3) is 0 Å². The third kappa shape index (κ3) is 4.09. The lowest BCUT2D eigenvalue weighted by atomic mass is 10.0. The highest BCUT2D eigenvalue weighted by atomic mass is 127. The molecule has 1 aromatic rings. The van der Waals surface area contributed by atoms with Crippen LogP contribution in [0.1, 0.15) is 43.2 Å². The van der Waals surface area contributed by atoms with E-state index in [0.29, 0.717) is 17.9 Å². The summed E-state index contributed by atoms with van der Waals surface area (Å²) in [5.41, 5.74) is 2.85. The highest BCUT2D eigenvalue weighted by Gasteiger charge is 2.38. The van der Waals surface area contributed by atoms with E-state index in [0.717, 1.165) is 5.96 Å². The molecule has 0 amide bonds. The Morgan fingerprint density at radius 1 is 1.26 bits per heavy atom. The highest BCUT2D eigenvalue weighted by Crippen LogP contribution is 2.40. The summed E-state index contributed by atoms with van der Waals surface area (Å²) >= 11 is 0. The zero-order chi connectivity index (χ0) is 13.1. The van der Waals surface area contributed by atoms with Crippen LogP contribution in [-0.4, -0.2) is 26.1 Å². The van der Waals surface area contributed by atoms with Gasteiger partial charge < -0.3 is 10.6 Å². The summed E-state index contributed by atoms with van der Waals surface area (Å²) in [5.74, 6) is 2.12. The third-order valence-electron chi connectivity index (χ3n) is 3.60. The zero-order valence-corrected chi connectivity index (χ0v) is 14.4. The van der Waals surface area contributed by atoms with Crippen LogP contribution in [0.4, 0.5) is 0 Å². The van der Waals surface area contributed by atoms with Crippen molar-refractivity contribution in [3.63, 3.8) is 0 Å². The van der Waals surface area contributed by atoms with Gasteiger partial charge >= 0.3 is 0 Å². The minimum absolute atomic E-state index is 0. The Morgan fingerprint density at radius 2 is 1.89 bits per heavy atom. The van der Waals surface area contributed by atoms with E-state index in [1.165, 1.54) is 17.5 Å². The van der Waals surface area contributed by atoms with Gasteiger partial charge in [0.15, 0.2) is 5.96 Å². The van der Waals surface area contributed by atoms with Crippen LogP contribution in [0.2, 0.25) is 0 Å². The Hall–Kier alpha value is -0.780. The lowest BCUT2D eigenvalue weighted by Crippen LogP contribution is -2.36. The average molecular weight is 373 g/mol. The molecule has 0 spiro atoms. The Morgan fingerprint density at radius 3 is 2.37 bits per heavy atom. The minimum atomic E-state index is 0. The normalized spacial score (nSPS) is 21.8. The molecule has 2 unspecified atom stereocenters. The molecule has 0 saturated heterocycles. The summed E-state index contributed by atoms with van der Waals surface area (Å²) in [5, 5.41) is 6.47. The molecule has 0 radical (unpaired) electrons. The first kappa shape index (κ1) is 16.3. The van der Waals surface area contributed by atoms with Gasteiger partial charge in [0.2, 0.25) is 0 Å². The van der Waals surface area contributed by atoms with E-state index in [1.54, 1.807) is 7.05 Å². The number of guanidine groups is 1. The second-order valence-electron chi connectivity index (χ2n) is 5.24. The molecule has 0 aromatic heterocycles. The summed E-state index contributed by atoms with van der Waals surface area (Å²) < 4.78 is 0. The molecule has 1 aromatic carbocycles. The molecule has 0 bridgehead atoms. The van der Waals surface area contributed by atoms with E-state index in [-0.39, 0.29) is 24.0 Å². The first-order valence-electron chi connectivity index (χ1n) is 6.66. The molecular formula is C15H24IN3. The minimum Gasteiger partial charge on any atom is -0.359 e. The Bertz CT molecular complexity index is 426. The van der Waals surface area contributed by atoms with Crippen molar-refractivity contribution in [3.05, 3.63) is 35.4 Å². The lowest BCUT2D eigenvalue weighted by Gasteiger charge is -2.09. The maximum Gasteiger partial charge on any atom is 0.190 e. The predicted octanol–water partition coefficient (Wildman–Crippen LogP) is 3.08. The quantitative estimate of drug-likeness (QED) is 0.485. The smallest absolute Gasteiger partial charge is 0.190 e. The number of nitrogens with zero attached hydrogens (tertiary/aromatic N) is 1. The van der Waals surface area contributed by atoms with E-state index in [1.807, 2.05) is 7.05 Å². The topological polar surface area (TPSA) is 36.4 Å². The van der Waals surface area contributed by atoms with Crippen molar-refractivity contribution in [2.75, 3.05) is 14.1 Å². The van der Waals surface area contributed by atoms with Crippen LogP contribution in [-0.2, 0) is 0 Å². The van der Waals surface area contributed by atoms with Gasteiger partial charge in [-0.05, 0) is 23.5 Å². The maximum absolute atomic E-state index is 4.15. The second-order valence-corrected chi connectivity index (χ2v) is 5.24. The molecule has 3 nitrogen and oxygen atoms in total. The number of rotatable bonds is 3. The first-order chi connectivity index (χ1) is 8.65. The van der Waals surface area contributed by atoms with E-state index in [9.17, 15) is 0 Å². The molecule has 4 heteroatoms. The Labute approximate surface area is 133 Å². The van der Waals surface area contributed by atoms with Gasteiger partial charge in [0.1, 0.15) is 0 Å². The van der Waals surface area contributed by atoms with Gasteiger partial charge in [0, 0.05) is 26.1 Å². The van der Waals surface area contributed by atoms with Crippen LogP contribution in [0.3, 0.4) is 0 Å². The van der Waals surface area contributed by atoms with Gasteiger partial charge in [0.05, 0.1) is 0 Å². The van der Waals surface area contributed by atoms with E-state index < -0.39 is 0 Å². The van der Waals surface area contributed by atoms with Crippen molar-refractivity contribution in [2.24, 2.45) is 4.99 Å². The molecule has 1 aliphatic rings. The summed E-state index contributed by atoms with van der Waals surface area (Å²) in [6.45, 7) is 4.46. The van der Waals surface area contributed by atoms with Crippen molar-refractivity contribution in [3.8, 4) is 0 Å². The Kier molecular flexibility index (Phi) is 6.10. The molecule has 1 aliphatic carbocycles. The maximum atomic E-state index is 4.15. The summed E-state index contributed by atoms with van der Waals surface area (Å²) in [4.78, 5) is 4.15. The fraction of sp³-hybridized carbons (Fsp3) is 0.533. The van der Waals surface area contributed by atoms with Gasteiger partial charge in [-0.2, -0.15) is 0 Å². The van der Waals surface area contributed by atoms with Crippen LogP contribution in [0, 0.1) is 0 Å². The van der Waals surface area contributed by atoms with E-state index in [4.69, 9.17) is 0 Å². The van der Waals surface area contributed by atoms with Gasteiger partial charge in [-0.1, -0.05) is 38.1 Å². The van der Waals surface area contributed by atoms with Crippen molar-refractivity contribution in [2.45, 2.75) is 38.1 Å². The van der Waals surface area contributed by atoms with Gasteiger partial charge in [-0.3, -0.25) is 4.99 Å². The van der Waals surface area contributed by atoms with Crippen molar-refractivity contribution in [1.29, 1.82) is 0 Å². The molecule has 1 fully saturated rings. The molecule has 2 atom stereocenters. The van der Waals surface area contributed by atoms with Crippen molar-refractivity contribution < 1.29 is 0 Å². The molecule has 0 heterocycles. The third-order valence-corrected chi connectivity index (χ3v) is 3.60. The monoisotopic (exact) mass is 373 g/mol. The van der Waals surface area contributed by atoms with Crippen molar-refractivity contribution in [1.82, 2.24) is 10.6 Å². The number of halogens is 1. The lowest BCUT2D eigenvalue weighted by molar-refractivity contribution is 0.829. The van der Waals surface area contributed by atoms with Crippen LogP contribution in [0.5, 0.6) is 0 Å². The number of nitrogens with one attached hydrogen (secondary N) is 2. The highest BCUT2D eigenvalue weighted by molar-refractivity contribution is 14.0. The van der Waals surface area contributed by atoms with Gasteiger partial charge in [0.25, 0.3) is 0 Å². The van der Waals surface area contributed by atoms with Gasteiger partial charge in [-0.25, -0.2) is 0 Å². The SMILES string of the molecule is CN=C(NC)NC1CC1c1ccc(C(C)C)cc1.I.